The lowest BCUT2D eigenvalue weighted by molar-refractivity contribution is -0.136. The zero-order chi connectivity index (χ0) is 18.6. The van der Waals surface area contributed by atoms with Crippen molar-refractivity contribution in [2.75, 3.05) is 7.11 Å². The second kappa shape index (κ2) is 19.5. The molecule has 0 spiro atoms. The average Bonchev–Trinajstić information content (AvgIpc) is 2.63. The van der Waals surface area contributed by atoms with E-state index >= 15 is 0 Å². The maximum absolute atomic E-state index is 11.2. The molecule has 0 saturated heterocycles. The molecule has 0 rings (SSSR count). The topological polar surface area (TPSA) is 26.3 Å². The maximum Gasteiger partial charge on any atom is 0.333 e. The third-order valence-corrected chi connectivity index (χ3v) is 5.06. The zero-order valence-electron chi connectivity index (χ0n) is 17.3. The number of ether oxygens (including phenoxy) is 1. The van der Waals surface area contributed by atoms with Crippen molar-refractivity contribution in [2.24, 2.45) is 0 Å². The Morgan fingerprint density at radius 3 is 1.28 bits per heavy atom. The van der Waals surface area contributed by atoms with E-state index < -0.39 is 0 Å². The number of hydrogen-bond acceptors (Lipinski definition) is 2. The lowest BCUT2D eigenvalue weighted by Crippen LogP contribution is -2.03. The molecule has 0 saturated carbocycles. The largest absolute Gasteiger partial charge is 0.466 e. The van der Waals surface area contributed by atoms with Crippen LogP contribution >= 0.6 is 0 Å². The van der Waals surface area contributed by atoms with E-state index in [2.05, 4.69) is 18.2 Å². The Labute approximate surface area is 157 Å². The van der Waals surface area contributed by atoms with Gasteiger partial charge < -0.3 is 4.74 Å². The molecular weight excluding hydrogens is 308 g/mol. The molecule has 0 atom stereocenters. The van der Waals surface area contributed by atoms with Gasteiger partial charge in [0.1, 0.15) is 0 Å². The minimum atomic E-state index is -0.253. The third-order valence-electron chi connectivity index (χ3n) is 5.06. The minimum absolute atomic E-state index is 0.253. The van der Waals surface area contributed by atoms with Gasteiger partial charge in [-0.1, -0.05) is 116 Å². The quantitative estimate of drug-likeness (QED) is 0.135. The summed E-state index contributed by atoms with van der Waals surface area (Å²) in [7, 11) is 1.42. The lowest BCUT2D eigenvalue weighted by Gasteiger charge is -2.04. The van der Waals surface area contributed by atoms with Crippen LogP contribution in [0.5, 0.6) is 0 Å². The molecule has 0 N–H and O–H groups in total. The summed E-state index contributed by atoms with van der Waals surface area (Å²) in [5.74, 6) is -0.253. The first-order valence-corrected chi connectivity index (χ1v) is 11.0. The molecule has 0 aliphatic heterocycles. The zero-order valence-corrected chi connectivity index (χ0v) is 17.3. The van der Waals surface area contributed by atoms with Crippen molar-refractivity contribution in [1.82, 2.24) is 0 Å². The molecule has 0 radical (unpaired) electrons. The van der Waals surface area contributed by atoms with Crippen LogP contribution in [-0.2, 0) is 9.53 Å². The van der Waals surface area contributed by atoms with Crippen molar-refractivity contribution in [3.05, 3.63) is 12.2 Å². The second-order valence-electron chi connectivity index (χ2n) is 7.50. The maximum atomic E-state index is 11.2. The molecule has 0 bridgehead atoms. The van der Waals surface area contributed by atoms with Gasteiger partial charge in [-0.05, 0) is 12.8 Å². The number of carbonyl (C=O) groups is 1. The molecule has 0 aliphatic carbocycles. The van der Waals surface area contributed by atoms with Crippen molar-refractivity contribution >= 4 is 5.97 Å². The first-order valence-electron chi connectivity index (χ1n) is 11.0. The molecule has 0 aliphatic rings. The van der Waals surface area contributed by atoms with Gasteiger partial charge in [0.05, 0.1) is 7.11 Å². The molecule has 0 amide bonds. The Bertz CT molecular complexity index is 309. The summed E-state index contributed by atoms with van der Waals surface area (Å²) in [5, 5.41) is 0. The van der Waals surface area contributed by atoms with Gasteiger partial charge in [0.25, 0.3) is 0 Å². The Morgan fingerprint density at radius 2 is 0.960 bits per heavy atom. The lowest BCUT2D eigenvalue weighted by atomic mass is 10.0. The first kappa shape index (κ1) is 24.2. The van der Waals surface area contributed by atoms with Gasteiger partial charge in [0.15, 0.2) is 0 Å². The fraction of sp³-hybridized carbons (Fsp3) is 0.870. The smallest absolute Gasteiger partial charge is 0.333 e. The summed E-state index contributed by atoms with van der Waals surface area (Å²) in [6.07, 6.45) is 24.2. The highest BCUT2D eigenvalue weighted by Crippen LogP contribution is 2.15. The normalized spacial score (nSPS) is 10.8. The minimum Gasteiger partial charge on any atom is -0.466 e. The summed E-state index contributed by atoms with van der Waals surface area (Å²) >= 11 is 0. The number of methoxy groups -OCH3 is 1. The highest BCUT2D eigenvalue weighted by molar-refractivity contribution is 5.87. The van der Waals surface area contributed by atoms with E-state index in [1.165, 1.54) is 110 Å². The highest BCUT2D eigenvalue weighted by atomic mass is 16.5. The standard InChI is InChI=1S/C23H44O2/c1-4-5-6-7-8-9-10-11-12-13-14-15-16-17-18-19-20-21-22(2)23(24)25-3/h2,4-21H2,1,3H3. The van der Waals surface area contributed by atoms with Crippen molar-refractivity contribution in [1.29, 1.82) is 0 Å². The summed E-state index contributed by atoms with van der Waals surface area (Å²) in [5.41, 5.74) is 0.614. The van der Waals surface area contributed by atoms with Crippen LogP contribution in [0.15, 0.2) is 12.2 Å². The number of carbonyl (C=O) groups excluding carboxylic acids is 1. The summed E-state index contributed by atoms with van der Waals surface area (Å²) in [6.45, 7) is 6.04. The van der Waals surface area contributed by atoms with Crippen LogP contribution in [0.1, 0.15) is 122 Å². The second-order valence-corrected chi connectivity index (χ2v) is 7.50. The number of hydrogen-bond donors (Lipinski definition) is 0. The van der Waals surface area contributed by atoms with E-state index in [9.17, 15) is 4.79 Å². The van der Waals surface area contributed by atoms with Crippen LogP contribution in [0.2, 0.25) is 0 Å². The van der Waals surface area contributed by atoms with Crippen molar-refractivity contribution in [3.63, 3.8) is 0 Å². The molecule has 25 heavy (non-hydrogen) atoms. The molecule has 0 fully saturated rings. The fourth-order valence-corrected chi connectivity index (χ4v) is 3.31. The fourth-order valence-electron chi connectivity index (χ4n) is 3.31. The van der Waals surface area contributed by atoms with Gasteiger partial charge in [-0.3, -0.25) is 0 Å². The van der Waals surface area contributed by atoms with E-state index in [1.807, 2.05) is 0 Å². The van der Waals surface area contributed by atoms with E-state index in [4.69, 9.17) is 0 Å². The van der Waals surface area contributed by atoms with Gasteiger partial charge in [-0.25, -0.2) is 4.79 Å². The van der Waals surface area contributed by atoms with Gasteiger partial charge in [-0.2, -0.15) is 0 Å². The van der Waals surface area contributed by atoms with Crippen LogP contribution in [0.4, 0.5) is 0 Å². The van der Waals surface area contributed by atoms with Crippen LogP contribution in [0, 0.1) is 0 Å². The summed E-state index contributed by atoms with van der Waals surface area (Å²) in [6, 6.07) is 0. The van der Waals surface area contributed by atoms with Crippen LogP contribution < -0.4 is 0 Å². The Balaban J connectivity index is 3.10. The molecule has 2 heteroatoms. The van der Waals surface area contributed by atoms with Gasteiger partial charge >= 0.3 is 5.97 Å². The monoisotopic (exact) mass is 352 g/mol. The van der Waals surface area contributed by atoms with Crippen LogP contribution in [-0.4, -0.2) is 13.1 Å². The summed E-state index contributed by atoms with van der Waals surface area (Å²) < 4.78 is 4.66. The van der Waals surface area contributed by atoms with Crippen LogP contribution in [0.25, 0.3) is 0 Å². The number of esters is 1. The molecule has 0 aromatic carbocycles. The van der Waals surface area contributed by atoms with Crippen molar-refractivity contribution < 1.29 is 9.53 Å². The van der Waals surface area contributed by atoms with Crippen LogP contribution in [0.3, 0.4) is 0 Å². The predicted octanol–water partition coefficient (Wildman–Crippen LogP) is 7.76. The predicted molar refractivity (Wildman–Crippen MR) is 110 cm³/mol. The molecule has 0 aromatic rings. The van der Waals surface area contributed by atoms with E-state index in [-0.39, 0.29) is 5.97 Å². The van der Waals surface area contributed by atoms with Gasteiger partial charge in [0.2, 0.25) is 0 Å². The Morgan fingerprint density at radius 1 is 0.640 bits per heavy atom. The van der Waals surface area contributed by atoms with E-state index in [1.54, 1.807) is 0 Å². The molecule has 2 nitrogen and oxygen atoms in total. The van der Waals surface area contributed by atoms with Gasteiger partial charge in [0, 0.05) is 5.57 Å². The molecule has 148 valence electrons. The van der Waals surface area contributed by atoms with E-state index in [0.717, 1.165) is 12.8 Å². The number of rotatable bonds is 19. The third kappa shape index (κ3) is 17.8. The molecule has 0 aromatic heterocycles. The first-order chi connectivity index (χ1) is 12.2. The van der Waals surface area contributed by atoms with Crippen molar-refractivity contribution in [2.45, 2.75) is 122 Å². The SMILES string of the molecule is C=C(CCCCCCCCCCCCCCCCCCC)C(=O)OC. The molecule has 0 heterocycles. The highest BCUT2D eigenvalue weighted by Gasteiger charge is 2.05. The molecule has 0 unspecified atom stereocenters. The Hall–Kier alpha value is -0.790. The summed E-state index contributed by atoms with van der Waals surface area (Å²) in [4.78, 5) is 11.2. The van der Waals surface area contributed by atoms with Gasteiger partial charge in [-0.15, -0.1) is 0 Å². The Kier molecular flexibility index (Phi) is 18.9. The molecular formula is C23H44O2. The number of unbranched alkanes of at least 4 members (excludes halogenated alkanes) is 16. The van der Waals surface area contributed by atoms with Crippen molar-refractivity contribution in [3.8, 4) is 0 Å². The van der Waals surface area contributed by atoms with E-state index in [0.29, 0.717) is 5.57 Å². The average molecular weight is 353 g/mol.